The zero-order valence-electron chi connectivity index (χ0n) is 10.1. The van der Waals surface area contributed by atoms with Crippen LogP contribution in [0.3, 0.4) is 0 Å². The minimum atomic E-state index is -0.507. The standard InChI is InChI=1S/C13H10N2O3S/c1-9(16)12-8-10(15(17)18)2-3-13(12)19-11-4-6-14-7-5-11/h2-8H,1H3. The van der Waals surface area contributed by atoms with E-state index in [2.05, 4.69) is 4.98 Å². The number of nitro groups is 1. The van der Waals surface area contributed by atoms with Crippen molar-refractivity contribution in [2.24, 2.45) is 0 Å². The lowest BCUT2D eigenvalue weighted by Crippen LogP contribution is -1.97. The van der Waals surface area contributed by atoms with Gasteiger partial charge in [-0.05, 0) is 25.1 Å². The Labute approximate surface area is 113 Å². The number of rotatable bonds is 4. The molecule has 0 N–H and O–H groups in total. The van der Waals surface area contributed by atoms with Crippen LogP contribution < -0.4 is 0 Å². The summed E-state index contributed by atoms with van der Waals surface area (Å²) < 4.78 is 0. The number of nitro benzene ring substituents is 1. The van der Waals surface area contributed by atoms with Crippen LogP contribution in [0.25, 0.3) is 0 Å². The summed E-state index contributed by atoms with van der Waals surface area (Å²) in [7, 11) is 0. The predicted octanol–water partition coefficient (Wildman–Crippen LogP) is 3.34. The summed E-state index contributed by atoms with van der Waals surface area (Å²) >= 11 is 1.38. The van der Waals surface area contributed by atoms with Crippen LogP contribution in [-0.2, 0) is 0 Å². The van der Waals surface area contributed by atoms with Gasteiger partial charge in [-0.3, -0.25) is 19.9 Å². The van der Waals surface area contributed by atoms with Crippen molar-refractivity contribution in [2.45, 2.75) is 16.7 Å². The van der Waals surface area contributed by atoms with Gasteiger partial charge in [0, 0.05) is 39.9 Å². The first kappa shape index (κ1) is 13.2. The second kappa shape index (κ2) is 5.62. The molecule has 1 aromatic carbocycles. The number of non-ortho nitro benzene ring substituents is 1. The molecule has 0 unspecified atom stereocenters. The number of nitrogens with zero attached hydrogens (tertiary/aromatic N) is 2. The van der Waals surface area contributed by atoms with E-state index < -0.39 is 4.92 Å². The molecule has 6 heteroatoms. The average Bonchev–Trinajstić information content (AvgIpc) is 2.39. The largest absolute Gasteiger partial charge is 0.294 e. The number of ketones is 1. The zero-order chi connectivity index (χ0) is 13.8. The Balaban J connectivity index is 2.40. The molecule has 0 aliphatic heterocycles. The normalized spacial score (nSPS) is 10.2. The predicted molar refractivity (Wildman–Crippen MR) is 71.5 cm³/mol. The first-order valence-electron chi connectivity index (χ1n) is 5.45. The highest BCUT2D eigenvalue weighted by molar-refractivity contribution is 7.99. The number of aromatic nitrogens is 1. The Morgan fingerprint density at radius 2 is 1.95 bits per heavy atom. The number of Topliss-reactive ketones (excluding diaryl/α,β-unsaturated/α-hetero) is 1. The van der Waals surface area contributed by atoms with Crippen molar-refractivity contribution in [3.05, 3.63) is 58.4 Å². The molecule has 0 fully saturated rings. The van der Waals surface area contributed by atoms with Crippen LogP contribution in [-0.4, -0.2) is 15.7 Å². The number of hydrogen-bond acceptors (Lipinski definition) is 5. The molecule has 0 saturated heterocycles. The van der Waals surface area contributed by atoms with Crippen molar-refractivity contribution in [2.75, 3.05) is 0 Å². The Morgan fingerprint density at radius 3 is 2.53 bits per heavy atom. The first-order chi connectivity index (χ1) is 9.08. The molecule has 0 amide bonds. The molecule has 2 aromatic rings. The summed E-state index contributed by atoms with van der Waals surface area (Å²) in [4.78, 5) is 27.3. The summed E-state index contributed by atoms with van der Waals surface area (Å²) in [5, 5.41) is 10.7. The summed E-state index contributed by atoms with van der Waals surface area (Å²) in [5.74, 6) is -0.194. The van der Waals surface area contributed by atoms with Gasteiger partial charge in [-0.15, -0.1) is 0 Å². The van der Waals surface area contributed by atoms with Gasteiger partial charge in [0.1, 0.15) is 0 Å². The molecule has 0 bridgehead atoms. The van der Waals surface area contributed by atoms with Crippen LogP contribution in [0.2, 0.25) is 0 Å². The van der Waals surface area contributed by atoms with Crippen LogP contribution in [0.1, 0.15) is 17.3 Å². The first-order valence-corrected chi connectivity index (χ1v) is 6.27. The fourth-order valence-corrected chi connectivity index (χ4v) is 2.49. The maximum Gasteiger partial charge on any atom is 0.270 e. The van der Waals surface area contributed by atoms with Gasteiger partial charge in [-0.25, -0.2) is 0 Å². The summed E-state index contributed by atoms with van der Waals surface area (Å²) in [6.07, 6.45) is 3.31. The van der Waals surface area contributed by atoms with E-state index in [1.54, 1.807) is 18.5 Å². The third-order valence-corrected chi connectivity index (χ3v) is 3.51. The minimum absolute atomic E-state index is 0.0794. The fourth-order valence-electron chi connectivity index (χ4n) is 1.53. The lowest BCUT2D eigenvalue weighted by Gasteiger charge is -2.06. The van der Waals surface area contributed by atoms with Crippen LogP contribution in [0.4, 0.5) is 5.69 Å². The monoisotopic (exact) mass is 274 g/mol. The van der Waals surface area contributed by atoms with Crippen LogP contribution >= 0.6 is 11.8 Å². The van der Waals surface area contributed by atoms with E-state index in [1.165, 1.54) is 30.8 Å². The zero-order valence-corrected chi connectivity index (χ0v) is 10.9. The fraction of sp³-hybridized carbons (Fsp3) is 0.0769. The van der Waals surface area contributed by atoms with Crippen molar-refractivity contribution in [3.63, 3.8) is 0 Å². The van der Waals surface area contributed by atoms with Crippen molar-refractivity contribution < 1.29 is 9.72 Å². The molecule has 0 aliphatic rings. The molecule has 1 heterocycles. The molecule has 2 rings (SSSR count). The molecule has 0 spiro atoms. The van der Waals surface area contributed by atoms with Gasteiger partial charge in [0.25, 0.3) is 5.69 Å². The van der Waals surface area contributed by atoms with Crippen LogP contribution in [0.5, 0.6) is 0 Å². The molecule has 5 nitrogen and oxygen atoms in total. The number of benzene rings is 1. The van der Waals surface area contributed by atoms with Crippen molar-refractivity contribution in [1.82, 2.24) is 4.98 Å². The van der Waals surface area contributed by atoms with Crippen LogP contribution in [0.15, 0.2) is 52.5 Å². The summed E-state index contributed by atoms with van der Waals surface area (Å²) in [6, 6.07) is 7.94. The van der Waals surface area contributed by atoms with Crippen molar-refractivity contribution in [1.29, 1.82) is 0 Å². The molecule has 19 heavy (non-hydrogen) atoms. The highest BCUT2D eigenvalue weighted by Crippen LogP contribution is 2.32. The summed E-state index contributed by atoms with van der Waals surface area (Å²) in [6.45, 7) is 1.40. The van der Waals surface area contributed by atoms with E-state index in [4.69, 9.17) is 0 Å². The lowest BCUT2D eigenvalue weighted by molar-refractivity contribution is -0.384. The Kier molecular flexibility index (Phi) is 3.91. The molecule has 0 aliphatic carbocycles. The molecule has 1 aromatic heterocycles. The quantitative estimate of drug-likeness (QED) is 0.485. The average molecular weight is 274 g/mol. The van der Waals surface area contributed by atoms with Gasteiger partial charge in [-0.2, -0.15) is 0 Å². The highest BCUT2D eigenvalue weighted by atomic mass is 32.2. The topological polar surface area (TPSA) is 73.1 Å². The molecule has 0 atom stereocenters. The van der Waals surface area contributed by atoms with Gasteiger partial charge in [0.15, 0.2) is 5.78 Å². The van der Waals surface area contributed by atoms with Gasteiger partial charge < -0.3 is 0 Å². The number of pyridine rings is 1. The van der Waals surface area contributed by atoms with Crippen LogP contribution in [0, 0.1) is 10.1 Å². The third-order valence-electron chi connectivity index (χ3n) is 2.43. The molecule has 96 valence electrons. The third kappa shape index (κ3) is 3.17. The Bertz CT molecular complexity index is 629. The SMILES string of the molecule is CC(=O)c1cc([N+](=O)[O-])ccc1Sc1ccncc1. The van der Waals surface area contributed by atoms with Gasteiger partial charge >= 0.3 is 0 Å². The number of carbonyl (C=O) groups excluding carboxylic acids is 1. The number of carbonyl (C=O) groups is 1. The van der Waals surface area contributed by atoms with Gasteiger partial charge in [0.05, 0.1) is 4.92 Å². The van der Waals surface area contributed by atoms with E-state index in [1.807, 2.05) is 12.1 Å². The molecule has 0 saturated carbocycles. The second-order valence-electron chi connectivity index (χ2n) is 3.78. The second-order valence-corrected chi connectivity index (χ2v) is 4.89. The Morgan fingerprint density at radius 1 is 1.26 bits per heavy atom. The van der Waals surface area contributed by atoms with Crippen molar-refractivity contribution >= 4 is 23.2 Å². The van der Waals surface area contributed by atoms with E-state index in [9.17, 15) is 14.9 Å². The molecular formula is C13H10N2O3S. The maximum atomic E-state index is 11.6. The highest BCUT2D eigenvalue weighted by Gasteiger charge is 2.14. The molecule has 0 radical (unpaired) electrons. The summed E-state index contributed by atoms with van der Waals surface area (Å²) in [5.41, 5.74) is 0.278. The van der Waals surface area contributed by atoms with E-state index in [-0.39, 0.29) is 11.5 Å². The minimum Gasteiger partial charge on any atom is -0.294 e. The van der Waals surface area contributed by atoms with E-state index in [0.717, 1.165) is 4.90 Å². The van der Waals surface area contributed by atoms with E-state index in [0.29, 0.717) is 10.5 Å². The smallest absolute Gasteiger partial charge is 0.270 e. The maximum absolute atomic E-state index is 11.6. The van der Waals surface area contributed by atoms with Gasteiger partial charge in [0.2, 0.25) is 0 Å². The lowest BCUT2D eigenvalue weighted by atomic mass is 10.1. The van der Waals surface area contributed by atoms with E-state index >= 15 is 0 Å². The number of hydrogen-bond donors (Lipinski definition) is 0. The Hall–Kier alpha value is -2.21. The molecular weight excluding hydrogens is 264 g/mol. The van der Waals surface area contributed by atoms with Gasteiger partial charge in [-0.1, -0.05) is 11.8 Å². The van der Waals surface area contributed by atoms with Crippen molar-refractivity contribution in [3.8, 4) is 0 Å².